The van der Waals surface area contributed by atoms with Gasteiger partial charge in [-0.3, -0.25) is 0 Å². The molecule has 25 heavy (non-hydrogen) atoms. The van der Waals surface area contributed by atoms with Gasteiger partial charge >= 0.3 is 0 Å². The van der Waals surface area contributed by atoms with E-state index in [0.29, 0.717) is 43.6 Å². The third kappa shape index (κ3) is 5.30. The first-order valence-corrected chi connectivity index (χ1v) is 8.25. The predicted octanol–water partition coefficient (Wildman–Crippen LogP) is 1.79. The summed E-state index contributed by atoms with van der Waals surface area (Å²) >= 11 is 0. The van der Waals surface area contributed by atoms with Crippen molar-refractivity contribution in [2.75, 3.05) is 63.1 Å². The van der Waals surface area contributed by atoms with E-state index in [1.807, 2.05) is 30.1 Å². The maximum atomic E-state index is 6.39. The van der Waals surface area contributed by atoms with Crippen molar-refractivity contribution in [2.24, 2.45) is 0 Å². The highest BCUT2D eigenvalue weighted by atomic mass is 16.5. The maximum absolute atomic E-state index is 6.39. The van der Waals surface area contributed by atoms with Crippen molar-refractivity contribution in [3.05, 3.63) is 42.2 Å². The van der Waals surface area contributed by atoms with Gasteiger partial charge in [0.1, 0.15) is 12.0 Å². The summed E-state index contributed by atoms with van der Waals surface area (Å²) in [7, 11) is 5.33. The Morgan fingerprint density at radius 1 is 0.960 bits per heavy atom. The number of nitrogens with zero attached hydrogens (tertiary/aromatic N) is 4. The zero-order chi connectivity index (χ0) is 18.1. The van der Waals surface area contributed by atoms with Crippen LogP contribution in [0.3, 0.4) is 0 Å². The molecule has 0 amide bonds. The second-order valence-electron chi connectivity index (χ2n) is 5.75. The van der Waals surface area contributed by atoms with Crippen molar-refractivity contribution in [2.45, 2.75) is 6.54 Å². The normalized spacial score (nSPS) is 10.7. The highest BCUT2D eigenvalue weighted by Gasteiger charge is 2.17. The van der Waals surface area contributed by atoms with E-state index in [-0.39, 0.29) is 0 Å². The number of rotatable bonds is 10. The van der Waals surface area contributed by atoms with Crippen molar-refractivity contribution >= 4 is 17.3 Å². The maximum Gasteiger partial charge on any atom is 0.157 e. The van der Waals surface area contributed by atoms with Crippen LogP contribution in [0, 0.1) is 0 Å². The topological polar surface area (TPSA) is 76.7 Å². The summed E-state index contributed by atoms with van der Waals surface area (Å²) in [6, 6.07) is 10.2. The molecule has 0 radical (unpaired) electrons. The molecule has 0 spiro atoms. The minimum atomic E-state index is 0.563. The molecule has 1 aromatic heterocycles. The van der Waals surface area contributed by atoms with Gasteiger partial charge in [-0.15, -0.1) is 0 Å². The second kappa shape index (κ2) is 9.80. The van der Waals surface area contributed by atoms with Crippen LogP contribution >= 0.6 is 0 Å². The molecule has 7 nitrogen and oxygen atoms in total. The van der Waals surface area contributed by atoms with Crippen LogP contribution in [0.1, 0.15) is 5.56 Å². The van der Waals surface area contributed by atoms with Crippen LogP contribution in [0.5, 0.6) is 0 Å². The Labute approximate surface area is 149 Å². The molecule has 0 aliphatic carbocycles. The van der Waals surface area contributed by atoms with Gasteiger partial charge in [0.05, 0.1) is 13.2 Å². The molecule has 2 aromatic rings. The quantitative estimate of drug-likeness (QED) is 0.703. The number of hydrogen-bond acceptors (Lipinski definition) is 7. The predicted molar refractivity (Wildman–Crippen MR) is 101 cm³/mol. The molecule has 136 valence electrons. The van der Waals surface area contributed by atoms with E-state index >= 15 is 0 Å². The van der Waals surface area contributed by atoms with Gasteiger partial charge in [-0.05, 0) is 5.56 Å². The number of ether oxygens (including phenoxy) is 2. The number of nitrogens with two attached hydrogens (primary N) is 1. The average molecular weight is 345 g/mol. The number of aromatic nitrogens is 2. The summed E-state index contributed by atoms with van der Waals surface area (Å²) in [6.45, 7) is 3.26. The standard InChI is InChI=1S/C18H27N5O2/c1-22(13-15-7-5-4-6-8-15)17-16(19)18(21-14-20-17)23(9-11-24-2)10-12-25-3/h4-8,14H,9-13,19H2,1-3H3. The molecular formula is C18H27N5O2. The van der Waals surface area contributed by atoms with Crippen LogP contribution in [0.4, 0.5) is 17.3 Å². The van der Waals surface area contributed by atoms with Gasteiger partial charge in [0.25, 0.3) is 0 Å². The van der Waals surface area contributed by atoms with Gasteiger partial charge in [-0.25, -0.2) is 9.97 Å². The molecule has 0 saturated heterocycles. The van der Waals surface area contributed by atoms with E-state index in [1.165, 1.54) is 5.56 Å². The summed E-state index contributed by atoms with van der Waals surface area (Å²) in [5, 5.41) is 0. The molecule has 0 fully saturated rings. The van der Waals surface area contributed by atoms with Crippen molar-refractivity contribution in [3.63, 3.8) is 0 Å². The van der Waals surface area contributed by atoms with Gasteiger partial charge in [0.2, 0.25) is 0 Å². The number of methoxy groups -OCH3 is 2. The summed E-state index contributed by atoms with van der Waals surface area (Å²) in [6.07, 6.45) is 1.55. The van der Waals surface area contributed by atoms with Gasteiger partial charge in [0.15, 0.2) is 11.6 Å². The third-order valence-electron chi connectivity index (χ3n) is 3.90. The van der Waals surface area contributed by atoms with E-state index in [1.54, 1.807) is 20.5 Å². The van der Waals surface area contributed by atoms with E-state index in [4.69, 9.17) is 15.2 Å². The number of nitrogen functional groups attached to an aromatic ring is 1. The monoisotopic (exact) mass is 345 g/mol. The fourth-order valence-corrected chi connectivity index (χ4v) is 2.59. The van der Waals surface area contributed by atoms with Crippen LogP contribution in [-0.4, -0.2) is 57.5 Å². The molecule has 0 unspecified atom stereocenters. The smallest absolute Gasteiger partial charge is 0.157 e. The zero-order valence-corrected chi connectivity index (χ0v) is 15.2. The minimum Gasteiger partial charge on any atom is -0.393 e. The van der Waals surface area contributed by atoms with Gasteiger partial charge < -0.3 is 25.0 Å². The largest absolute Gasteiger partial charge is 0.393 e. The summed E-state index contributed by atoms with van der Waals surface area (Å²) in [4.78, 5) is 12.9. The summed E-state index contributed by atoms with van der Waals surface area (Å²) in [5.74, 6) is 1.42. The van der Waals surface area contributed by atoms with E-state index in [2.05, 4.69) is 27.0 Å². The van der Waals surface area contributed by atoms with Gasteiger partial charge in [0, 0.05) is 40.9 Å². The SMILES string of the molecule is COCCN(CCOC)c1ncnc(N(C)Cc2ccccc2)c1N. The third-order valence-corrected chi connectivity index (χ3v) is 3.90. The summed E-state index contributed by atoms with van der Waals surface area (Å²) < 4.78 is 10.4. The van der Waals surface area contributed by atoms with Crippen LogP contribution in [0.2, 0.25) is 0 Å². The Morgan fingerprint density at radius 3 is 2.16 bits per heavy atom. The van der Waals surface area contributed by atoms with Crippen LogP contribution < -0.4 is 15.5 Å². The van der Waals surface area contributed by atoms with Crippen LogP contribution in [0.25, 0.3) is 0 Å². The van der Waals surface area contributed by atoms with Gasteiger partial charge in [-0.2, -0.15) is 0 Å². The minimum absolute atomic E-state index is 0.563. The zero-order valence-electron chi connectivity index (χ0n) is 15.2. The Hall–Kier alpha value is -2.38. The first-order chi connectivity index (χ1) is 12.2. The molecule has 0 saturated carbocycles. The lowest BCUT2D eigenvalue weighted by Gasteiger charge is -2.27. The van der Waals surface area contributed by atoms with Crippen molar-refractivity contribution in [3.8, 4) is 0 Å². The van der Waals surface area contributed by atoms with E-state index < -0.39 is 0 Å². The fraction of sp³-hybridized carbons (Fsp3) is 0.444. The lowest BCUT2D eigenvalue weighted by Crippen LogP contribution is -2.32. The Morgan fingerprint density at radius 2 is 1.56 bits per heavy atom. The van der Waals surface area contributed by atoms with Crippen molar-refractivity contribution in [1.82, 2.24) is 9.97 Å². The van der Waals surface area contributed by atoms with Crippen LogP contribution in [0.15, 0.2) is 36.7 Å². The molecule has 0 aliphatic rings. The molecule has 0 aliphatic heterocycles. The Balaban J connectivity index is 2.21. The van der Waals surface area contributed by atoms with E-state index in [0.717, 1.165) is 6.54 Å². The number of anilines is 3. The molecular weight excluding hydrogens is 318 g/mol. The molecule has 7 heteroatoms. The molecule has 2 rings (SSSR count). The van der Waals surface area contributed by atoms with Crippen molar-refractivity contribution in [1.29, 1.82) is 0 Å². The average Bonchev–Trinajstić information content (AvgIpc) is 2.63. The fourth-order valence-electron chi connectivity index (χ4n) is 2.59. The highest BCUT2D eigenvalue weighted by molar-refractivity contribution is 5.75. The van der Waals surface area contributed by atoms with E-state index in [9.17, 15) is 0 Å². The highest BCUT2D eigenvalue weighted by Crippen LogP contribution is 2.28. The lowest BCUT2D eigenvalue weighted by atomic mass is 10.2. The first-order valence-electron chi connectivity index (χ1n) is 8.25. The Kier molecular flexibility index (Phi) is 7.43. The Bertz CT molecular complexity index is 631. The number of benzene rings is 1. The van der Waals surface area contributed by atoms with Gasteiger partial charge in [-0.1, -0.05) is 30.3 Å². The van der Waals surface area contributed by atoms with Crippen molar-refractivity contribution < 1.29 is 9.47 Å². The summed E-state index contributed by atoms with van der Waals surface area (Å²) in [5.41, 5.74) is 8.15. The second-order valence-corrected chi connectivity index (χ2v) is 5.75. The molecule has 0 bridgehead atoms. The molecule has 0 atom stereocenters. The number of hydrogen-bond donors (Lipinski definition) is 1. The molecule has 2 N–H and O–H groups in total. The van der Waals surface area contributed by atoms with Crippen LogP contribution in [-0.2, 0) is 16.0 Å². The lowest BCUT2D eigenvalue weighted by molar-refractivity contribution is 0.190. The first kappa shape index (κ1) is 19.0. The molecule has 1 aromatic carbocycles. The molecule has 1 heterocycles.